The molecular formula is C10H19NaO9S. The molecule has 0 bridgehead atoms. The van der Waals surface area contributed by atoms with Crippen LogP contribution in [-0.4, -0.2) is 69.6 Å². The first-order chi connectivity index (χ1) is 9.51. The topological polar surface area (TPSA) is 141 Å². The molecule has 4 N–H and O–H groups in total. The molecule has 0 aromatic heterocycles. The van der Waals surface area contributed by atoms with Gasteiger partial charge in [-0.15, -0.1) is 0 Å². The average Bonchev–Trinajstić information content (AvgIpc) is 2.45. The summed E-state index contributed by atoms with van der Waals surface area (Å²) >= 11 is 0.580. The Morgan fingerprint density at radius 2 is 1.90 bits per heavy atom. The maximum Gasteiger partial charge on any atom is 1.00 e. The Morgan fingerprint density at radius 1 is 1.24 bits per heavy atom. The first-order valence-corrected chi connectivity index (χ1v) is 6.99. The Bertz CT molecular complexity index is 275. The zero-order valence-corrected chi connectivity index (χ0v) is 14.6. The molecular weight excluding hydrogens is 319 g/mol. The smallest absolute Gasteiger partial charge is 0.691 e. The normalized spacial score (nSPS) is 34.3. The molecule has 1 fully saturated rings. The van der Waals surface area contributed by atoms with E-state index in [4.69, 9.17) is 9.47 Å². The Kier molecular flexibility index (Phi) is 12.1. The van der Waals surface area contributed by atoms with Gasteiger partial charge in [-0.1, -0.05) is 6.92 Å². The first kappa shape index (κ1) is 22.0. The molecule has 21 heavy (non-hydrogen) atoms. The Hall–Kier alpha value is 0.990. The van der Waals surface area contributed by atoms with Gasteiger partial charge >= 0.3 is 29.6 Å². The molecule has 0 radical (unpaired) electrons. The van der Waals surface area contributed by atoms with Gasteiger partial charge in [-0.25, -0.2) is 0 Å². The van der Waals surface area contributed by atoms with Crippen LogP contribution >= 0.6 is 12.0 Å². The average molecular weight is 338 g/mol. The molecule has 120 valence electrons. The minimum Gasteiger partial charge on any atom is -0.691 e. The fourth-order valence-electron chi connectivity index (χ4n) is 1.63. The van der Waals surface area contributed by atoms with Gasteiger partial charge in [-0.3, -0.25) is 5.04 Å². The van der Waals surface area contributed by atoms with E-state index in [1.807, 2.05) is 0 Å². The number of hydrogen-bond donors (Lipinski definition) is 4. The summed E-state index contributed by atoms with van der Waals surface area (Å²) in [7, 11) is 0. The molecule has 1 saturated heterocycles. The van der Waals surface area contributed by atoms with E-state index in [1.54, 1.807) is 6.92 Å². The second-order valence-electron chi connectivity index (χ2n) is 4.33. The summed E-state index contributed by atoms with van der Waals surface area (Å²) in [6.07, 6.45) is -6.70. The summed E-state index contributed by atoms with van der Waals surface area (Å²) in [4.78, 5) is 0. The van der Waals surface area contributed by atoms with Crippen LogP contribution in [0.1, 0.15) is 13.3 Å². The SMILES string of the molecule is CCC(O)COC1OC(CSOO[O-])C(O)C(O)C1O.[Na+]. The summed E-state index contributed by atoms with van der Waals surface area (Å²) in [6, 6.07) is 0. The van der Waals surface area contributed by atoms with Crippen molar-refractivity contribution in [2.45, 2.75) is 50.2 Å². The van der Waals surface area contributed by atoms with E-state index >= 15 is 0 Å². The molecule has 0 amide bonds. The van der Waals surface area contributed by atoms with Gasteiger partial charge in [0.05, 0.1) is 18.5 Å². The van der Waals surface area contributed by atoms with Crippen molar-refractivity contribution >= 4 is 12.0 Å². The van der Waals surface area contributed by atoms with Crippen molar-refractivity contribution in [2.75, 3.05) is 12.4 Å². The molecule has 0 aromatic rings. The molecule has 1 heterocycles. The van der Waals surface area contributed by atoms with Crippen molar-refractivity contribution in [3.8, 4) is 0 Å². The number of aliphatic hydroxyl groups excluding tert-OH is 4. The molecule has 1 aliphatic heterocycles. The van der Waals surface area contributed by atoms with Gasteiger partial charge in [0.1, 0.15) is 24.4 Å². The Labute approximate surface area is 148 Å². The fourth-order valence-corrected chi connectivity index (χ4v) is 2.13. The first-order valence-electron chi connectivity index (χ1n) is 6.08. The number of rotatable bonds is 8. The molecule has 0 aromatic carbocycles. The predicted molar refractivity (Wildman–Crippen MR) is 63.6 cm³/mol. The molecule has 0 saturated carbocycles. The third-order valence-corrected chi connectivity index (χ3v) is 3.52. The third-order valence-electron chi connectivity index (χ3n) is 2.90. The number of hydrogen-bond acceptors (Lipinski definition) is 10. The largest absolute Gasteiger partial charge is 1.00 e. The van der Waals surface area contributed by atoms with Gasteiger partial charge in [-0.2, -0.15) is 4.33 Å². The van der Waals surface area contributed by atoms with Crippen LogP contribution in [0.2, 0.25) is 0 Å². The zero-order chi connectivity index (χ0) is 15.1. The van der Waals surface area contributed by atoms with Crippen molar-refractivity contribution in [2.24, 2.45) is 0 Å². The van der Waals surface area contributed by atoms with Gasteiger partial charge in [0.2, 0.25) is 0 Å². The number of ether oxygens (including phenoxy) is 2. The van der Waals surface area contributed by atoms with Crippen LogP contribution in [0.25, 0.3) is 0 Å². The molecule has 6 atom stereocenters. The fraction of sp³-hybridized carbons (Fsp3) is 1.00. The minimum absolute atomic E-state index is 0. The second kappa shape index (κ2) is 11.5. The molecule has 11 heteroatoms. The maximum absolute atomic E-state index is 9.73. The van der Waals surface area contributed by atoms with Crippen molar-refractivity contribution in [3.05, 3.63) is 0 Å². The van der Waals surface area contributed by atoms with Crippen molar-refractivity contribution < 1.29 is 74.1 Å². The van der Waals surface area contributed by atoms with Crippen LogP contribution in [0.4, 0.5) is 0 Å². The van der Waals surface area contributed by atoms with Gasteiger partial charge in [0, 0.05) is 12.0 Å². The quantitative estimate of drug-likeness (QED) is 0.111. The van der Waals surface area contributed by atoms with E-state index in [9.17, 15) is 25.7 Å². The summed E-state index contributed by atoms with van der Waals surface area (Å²) in [5.74, 6) is -0.0244. The van der Waals surface area contributed by atoms with Crippen LogP contribution in [0, 0.1) is 0 Å². The summed E-state index contributed by atoms with van der Waals surface area (Å²) < 4.78 is 14.5. The summed E-state index contributed by atoms with van der Waals surface area (Å²) in [5, 5.41) is 51.3. The van der Waals surface area contributed by atoms with E-state index < -0.39 is 36.8 Å². The predicted octanol–water partition coefficient (Wildman–Crippen LogP) is -5.54. The molecule has 9 nitrogen and oxygen atoms in total. The standard InChI is InChI=1S/C10H20O9S.Na/c1-2-5(11)3-16-10-9(14)8(13)7(12)6(17-10)4-20-19-18-15;/h5-15H,2-4H2,1H3;/q;+1/p-1. The van der Waals surface area contributed by atoms with E-state index in [2.05, 4.69) is 9.37 Å². The summed E-state index contributed by atoms with van der Waals surface area (Å²) in [6.45, 7) is 1.67. The van der Waals surface area contributed by atoms with Crippen LogP contribution < -0.4 is 34.8 Å². The van der Waals surface area contributed by atoms with Crippen LogP contribution in [0.5, 0.6) is 0 Å². The van der Waals surface area contributed by atoms with E-state index in [1.165, 1.54) is 0 Å². The Morgan fingerprint density at radius 3 is 2.48 bits per heavy atom. The molecule has 0 spiro atoms. The van der Waals surface area contributed by atoms with Crippen LogP contribution in [-0.2, 0) is 18.8 Å². The monoisotopic (exact) mass is 338 g/mol. The van der Waals surface area contributed by atoms with Gasteiger partial charge in [0.25, 0.3) is 0 Å². The molecule has 1 rings (SSSR count). The maximum atomic E-state index is 9.73. The van der Waals surface area contributed by atoms with Crippen LogP contribution in [0.3, 0.4) is 0 Å². The van der Waals surface area contributed by atoms with E-state index in [0.717, 1.165) is 0 Å². The third kappa shape index (κ3) is 6.96. The summed E-state index contributed by atoms with van der Waals surface area (Å²) in [5.41, 5.74) is 0. The second-order valence-corrected chi connectivity index (χ2v) is 5.04. The van der Waals surface area contributed by atoms with Crippen LogP contribution in [0.15, 0.2) is 0 Å². The molecule has 0 aliphatic carbocycles. The van der Waals surface area contributed by atoms with E-state index in [0.29, 0.717) is 18.5 Å². The van der Waals surface area contributed by atoms with Gasteiger partial charge in [0.15, 0.2) is 6.29 Å². The van der Waals surface area contributed by atoms with Gasteiger partial charge in [-0.05, 0) is 6.42 Å². The number of aliphatic hydroxyl groups is 4. The van der Waals surface area contributed by atoms with E-state index in [-0.39, 0.29) is 41.9 Å². The zero-order valence-electron chi connectivity index (χ0n) is 11.8. The molecule has 6 unspecified atom stereocenters. The minimum atomic E-state index is -1.48. The molecule has 1 aliphatic rings. The Balaban J connectivity index is 0.00000400. The van der Waals surface area contributed by atoms with Gasteiger partial charge < -0.3 is 35.2 Å². The van der Waals surface area contributed by atoms with Crippen molar-refractivity contribution in [1.82, 2.24) is 0 Å². The van der Waals surface area contributed by atoms with Crippen molar-refractivity contribution in [1.29, 1.82) is 0 Å². The van der Waals surface area contributed by atoms with Crippen molar-refractivity contribution in [3.63, 3.8) is 0 Å².